The molecule has 0 radical (unpaired) electrons. The van der Waals surface area contributed by atoms with Crippen LogP contribution in [0.4, 0.5) is 0 Å². The molecule has 18 heavy (non-hydrogen) atoms. The van der Waals surface area contributed by atoms with Gasteiger partial charge in [0.15, 0.2) is 0 Å². The molecule has 0 saturated carbocycles. The van der Waals surface area contributed by atoms with Gasteiger partial charge in [-0.3, -0.25) is 0 Å². The van der Waals surface area contributed by atoms with Crippen molar-refractivity contribution in [3.63, 3.8) is 0 Å². The van der Waals surface area contributed by atoms with Crippen LogP contribution in [-0.2, 0) is 11.2 Å². The molecule has 1 atom stereocenters. The second-order valence-electron chi connectivity index (χ2n) is 5.19. The Labute approximate surface area is 108 Å². The summed E-state index contributed by atoms with van der Waals surface area (Å²) in [7, 11) is 1.68. The van der Waals surface area contributed by atoms with E-state index < -0.39 is 5.60 Å². The topological polar surface area (TPSA) is 38.7 Å². The lowest BCUT2D eigenvalue weighted by Crippen LogP contribution is -2.39. The van der Waals surface area contributed by atoms with Crippen molar-refractivity contribution in [2.24, 2.45) is 0 Å². The quantitative estimate of drug-likeness (QED) is 0.889. The van der Waals surface area contributed by atoms with Gasteiger partial charge in [0, 0.05) is 13.5 Å². The summed E-state index contributed by atoms with van der Waals surface area (Å²) in [5, 5.41) is 9.98. The molecule has 1 aliphatic heterocycles. The molecule has 98 valence electrons. The lowest BCUT2D eigenvalue weighted by Gasteiger charge is -2.24. The molecule has 1 N–H and O–H groups in total. The van der Waals surface area contributed by atoms with E-state index in [0.29, 0.717) is 6.61 Å². The molecule has 0 spiro atoms. The minimum Gasteiger partial charge on any atom is -0.487 e. The molecule has 0 saturated heterocycles. The third-order valence-corrected chi connectivity index (χ3v) is 3.12. The monoisotopic (exact) mass is 248 g/mol. The van der Waals surface area contributed by atoms with Gasteiger partial charge in [0.1, 0.15) is 11.9 Å². The van der Waals surface area contributed by atoms with Crippen LogP contribution in [0.1, 0.15) is 25.0 Å². The molecule has 0 aromatic heterocycles. The van der Waals surface area contributed by atoms with Crippen LogP contribution >= 0.6 is 0 Å². The molecule has 0 aliphatic carbocycles. The maximum absolute atomic E-state index is 9.98. The first kappa shape index (κ1) is 13.1. The summed E-state index contributed by atoms with van der Waals surface area (Å²) in [6, 6.07) is 6.08. The summed E-state index contributed by atoms with van der Waals surface area (Å²) in [6.45, 7) is 4.17. The Kier molecular flexibility index (Phi) is 3.73. The normalized spacial score (nSPS) is 19.0. The highest BCUT2D eigenvalue weighted by Gasteiger charge is 2.34. The molecule has 0 amide bonds. The van der Waals surface area contributed by atoms with Gasteiger partial charge in [-0.1, -0.05) is 18.2 Å². The summed E-state index contributed by atoms with van der Waals surface area (Å²) in [5.74, 6) is 0.881. The number of aliphatic hydroxyl groups is 1. The molecule has 2 rings (SSSR count). The molecule has 0 bridgehead atoms. The number of methoxy groups -OCH3 is 1. The maximum atomic E-state index is 9.98. The molecular weight excluding hydrogens is 228 g/mol. The van der Waals surface area contributed by atoms with E-state index in [2.05, 4.69) is 6.07 Å². The number of hydrogen-bond acceptors (Lipinski definition) is 3. The van der Waals surface area contributed by atoms with Crippen LogP contribution in [0.25, 0.3) is 6.08 Å². The number of ether oxygens (including phenoxy) is 2. The van der Waals surface area contributed by atoms with Crippen molar-refractivity contribution < 1.29 is 14.6 Å². The summed E-state index contributed by atoms with van der Waals surface area (Å²) in [4.78, 5) is 0. The van der Waals surface area contributed by atoms with E-state index in [4.69, 9.17) is 9.47 Å². The molecule has 3 nitrogen and oxygen atoms in total. The predicted molar refractivity (Wildman–Crippen MR) is 71.8 cm³/mol. The van der Waals surface area contributed by atoms with Gasteiger partial charge in [-0.05, 0) is 37.1 Å². The second-order valence-corrected chi connectivity index (χ2v) is 5.19. The van der Waals surface area contributed by atoms with Crippen molar-refractivity contribution in [2.75, 3.05) is 13.7 Å². The van der Waals surface area contributed by atoms with Crippen molar-refractivity contribution >= 4 is 6.08 Å². The summed E-state index contributed by atoms with van der Waals surface area (Å²) in [5.41, 5.74) is 1.47. The first-order valence-electron chi connectivity index (χ1n) is 6.18. The Hall–Kier alpha value is -1.32. The highest BCUT2D eigenvalue weighted by atomic mass is 16.5. The van der Waals surface area contributed by atoms with Crippen molar-refractivity contribution in [1.29, 1.82) is 0 Å². The molecule has 3 heteroatoms. The van der Waals surface area contributed by atoms with Gasteiger partial charge in [0.2, 0.25) is 0 Å². The lowest BCUT2D eigenvalue weighted by atomic mass is 9.96. The average Bonchev–Trinajstić information content (AvgIpc) is 2.72. The van der Waals surface area contributed by atoms with Crippen LogP contribution in [-0.4, -0.2) is 30.5 Å². The first-order chi connectivity index (χ1) is 8.50. The van der Waals surface area contributed by atoms with E-state index >= 15 is 0 Å². The van der Waals surface area contributed by atoms with Gasteiger partial charge in [-0.2, -0.15) is 0 Å². The SMILES string of the molecule is COC/C=C/c1ccc2c(c1)C[C@@H](C(C)(C)O)O2. The van der Waals surface area contributed by atoms with Crippen LogP contribution in [0.2, 0.25) is 0 Å². The fourth-order valence-corrected chi connectivity index (χ4v) is 2.05. The molecule has 0 unspecified atom stereocenters. The number of hydrogen-bond donors (Lipinski definition) is 1. The molecule has 1 heterocycles. The second kappa shape index (κ2) is 5.12. The fraction of sp³-hybridized carbons (Fsp3) is 0.467. The van der Waals surface area contributed by atoms with Gasteiger partial charge in [0.25, 0.3) is 0 Å². The Morgan fingerprint density at radius 3 is 2.94 bits per heavy atom. The highest BCUT2D eigenvalue weighted by Crippen LogP contribution is 2.33. The van der Waals surface area contributed by atoms with Crippen LogP contribution in [0.15, 0.2) is 24.3 Å². The molecule has 0 fully saturated rings. The van der Waals surface area contributed by atoms with Gasteiger partial charge in [0.05, 0.1) is 12.2 Å². The first-order valence-corrected chi connectivity index (χ1v) is 6.18. The van der Waals surface area contributed by atoms with Gasteiger partial charge >= 0.3 is 0 Å². The van der Waals surface area contributed by atoms with E-state index in [0.717, 1.165) is 23.3 Å². The number of rotatable bonds is 4. The zero-order valence-electron chi connectivity index (χ0n) is 11.1. The van der Waals surface area contributed by atoms with E-state index in [-0.39, 0.29) is 6.10 Å². The minimum absolute atomic E-state index is 0.161. The van der Waals surface area contributed by atoms with Crippen LogP contribution in [0.5, 0.6) is 5.75 Å². The van der Waals surface area contributed by atoms with Gasteiger partial charge < -0.3 is 14.6 Å². The third-order valence-electron chi connectivity index (χ3n) is 3.12. The fourth-order valence-electron chi connectivity index (χ4n) is 2.05. The average molecular weight is 248 g/mol. The Balaban J connectivity index is 2.12. The van der Waals surface area contributed by atoms with Crippen molar-refractivity contribution in [3.8, 4) is 5.75 Å². The lowest BCUT2D eigenvalue weighted by molar-refractivity contribution is -0.0229. The van der Waals surface area contributed by atoms with Crippen molar-refractivity contribution in [1.82, 2.24) is 0 Å². The maximum Gasteiger partial charge on any atom is 0.131 e. The summed E-state index contributed by atoms with van der Waals surface area (Å²) >= 11 is 0. The zero-order valence-corrected chi connectivity index (χ0v) is 11.1. The Bertz CT molecular complexity index is 444. The zero-order chi connectivity index (χ0) is 13.2. The standard InChI is InChI=1S/C15H20O3/c1-15(2,16)14-10-12-9-11(5-4-8-17-3)6-7-13(12)18-14/h4-7,9,14,16H,8,10H2,1-3H3/b5-4+/t14-/m0/s1. The van der Waals surface area contributed by atoms with Crippen LogP contribution in [0, 0.1) is 0 Å². The highest BCUT2D eigenvalue weighted by molar-refractivity contribution is 5.54. The number of benzene rings is 1. The van der Waals surface area contributed by atoms with E-state index in [9.17, 15) is 5.11 Å². The third kappa shape index (κ3) is 2.92. The molecule has 1 aromatic rings. The largest absolute Gasteiger partial charge is 0.487 e. The summed E-state index contributed by atoms with van der Waals surface area (Å²) < 4.78 is 10.7. The van der Waals surface area contributed by atoms with E-state index in [1.54, 1.807) is 21.0 Å². The number of fused-ring (bicyclic) bond motifs is 1. The Morgan fingerprint density at radius 1 is 1.50 bits per heavy atom. The van der Waals surface area contributed by atoms with Gasteiger partial charge in [-0.15, -0.1) is 0 Å². The van der Waals surface area contributed by atoms with Crippen LogP contribution in [0.3, 0.4) is 0 Å². The Morgan fingerprint density at radius 2 is 2.28 bits per heavy atom. The van der Waals surface area contributed by atoms with Crippen LogP contribution < -0.4 is 4.74 Å². The van der Waals surface area contributed by atoms with Crippen molar-refractivity contribution in [2.45, 2.75) is 32.0 Å². The van der Waals surface area contributed by atoms with Crippen molar-refractivity contribution in [3.05, 3.63) is 35.4 Å². The minimum atomic E-state index is -0.814. The van der Waals surface area contributed by atoms with E-state index in [1.165, 1.54) is 0 Å². The summed E-state index contributed by atoms with van der Waals surface area (Å²) in [6.07, 6.45) is 4.60. The smallest absolute Gasteiger partial charge is 0.131 e. The molecular formula is C15H20O3. The van der Waals surface area contributed by atoms with Gasteiger partial charge in [-0.25, -0.2) is 0 Å². The predicted octanol–water partition coefficient (Wildman–Crippen LogP) is 2.42. The molecule has 1 aromatic carbocycles. The van der Waals surface area contributed by atoms with E-state index in [1.807, 2.05) is 24.3 Å². The molecule has 1 aliphatic rings.